The normalized spacial score (nSPS) is 13.5. The molecular formula is C28H54O12S2. The number of carbonyl (C=O) groups is 2. The van der Waals surface area contributed by atoms with E-state index in [1.807, 2.05) is 0 Å². The predicted molar refractivity (Wildman–Crippen MR) is 158 cm³/mol. The molecule has 0 bridgehead atoms. The van der Waals surface area contributed by atoms with Gasteiger partial charge in [-0.25, -0.2) is 18.0 Å². The second kappa shape index (κ2) is 25.1. The number of carbonyl (C=O) groups excluding carboxylic acids is 2. The van der Waals surface area contributed by atoms with E-state index in [0.717, 1.165) is 64.2 Å². The van der Waals surface area contributed by atoms with Crippen molar-refractivity contribution in [1.29, 1.82) is 0 Å². The van der Waals surface area contributed by atoms with E-state index in [-0.39, 0.29) is 13.2 Å². The van der Waals surface area contributed by atoms with Gasteiger partial charge in [-0.15, -0.1) is 0 Å². The van der Waals surface area contributed by atoms with E-state index in [1.165, 1.54) is 51.4 Å². The SMILES string of the molecule is CCCCCCCCCCCCOC(=O)C(OS(=O)(=O)O)C(OS(=O)(=O)O)C(=O)OCCCCCCCCCCCC. The maximum Gasteiger partial charge on any atom is 0.398 e. The summed E-state index contributed by atoms with van der Waals surface area (Å²) in [5.41, 5.74) is 0. The fourth-order valence-corrected chi connectivity index (χ4v) is 5.26. The van der Waals surface area contributed by atoms with Crippen LogP contribution in [0.5, 0.6) is 0 Å². The van der Waals surface area contributed by atoms with Crippen LogP contribution in [0.25, 0.3) is 0 Å². The minimum atomic E-state index is -5.37. The van der Waals surface area contributed by atoms with Gasteiger partial charge in [-0.1, -0.05) is 129 Å². The predicted octanol–water partition coefficient (Wildman–Crippen LogP) is 6.29. The molecule has 2 atom stereocenters. The zero-order chi connectivity index (χ0) is 31.7. The molecule has 250 valence electrons. The van der Waals surface area contributed by atoms with Crippen molar-refractivity contribution >= 4 is 32.7 Å². The van der Waals surface area contributed by atoms with Crippen molar-refractivity contribution in [2.45, 2.75) is 154 Å². The van der Waals surface area contributed by atoms with Crippen LogP contribution < -0.4 is 0 Å². The number of ether oxygens (including phenoxy) is 2. The molecule has 12 nitrogen and oxygen atoms in total. The fourth-order valence-electron chi connectivity index (χ4n) is 4.38. The van der Waals surface area contributed by atoms with Crippen molar-refractivity contribution in [3.05, 3.63) is 0 Å². The van der Waals surface area contributed by atoms with Crippen LogP contribution in [0.2, 0.25) is 0 Å². The van der Waals surface area contributed by atoms with E-state index in [9.17, 15) is 26.4 Å². The first-order chi connectivity index (χ1) is 19.9. The summed E-state index contributed by atoms with van der Waals surface area (Å²) < 4.78 is 82.1. The molecule has 0 amide bonds. The second-order valence-electron chi connectivity index (χ2n) is 10.6. The largest absolute Gasteiger partial charge is 0.464 e. The van der Waals surface area contributed by atoms with E-state index in [4.69, 9.17) is 18.6 Å². The molecule has 0 fully saturated rings. The summed E-state index contributed by atoms with van der Waals surface area (Å²) in [5.74, 6) is -2.96. The Morgan fingerprint density at radius 1 is 0.476 bits per heavy atom. The van der Waals surface area contributed by atoms with Crippen LogP contribution in [0.1, 0.15) is 142 Å². The molecular weight excluding hydrogens is 592 g/mol. The second-order valence-corrected chi connectivity index (χ2v) is 12.7. The highest BCUT2D eigenvalue weighted by atomic mass is 32.3. The van der Waals surface area contributed by atoms with Crippen LogP contribution in [-0.4, -0.2) is 63.3 Å². The molecule has 0 radical (unpaired) electrons. The van der Waals surface area contributed by atoms with Gasteiger partial charge in [-0.3, -0.25) is 9.11 Å². The average molecular weight is 647 g/mol. The highest BCUT2D eigenvalue weighted by Crippen LogP contribution is 2.16. The number of esters is 2. The number of unbranched alkanes of at least 4 members (excludes halogenated alkanes) is 18. The number of hydrogen-bond donors (Lipinski definition) is 2. The van der Waals surface area contributed by atoms with Gasteiger partial charge < -0.3 is 9.47 Å². The quantitative estimate of drug-likeness (QED) is 0.0527. The molecule has 14 heteroatoms. The standard InChI is InChI=1S/C28H54O12S2/c1-3-5-7-9-11-13-15-17-19-21-23-37-27(29)25(39-41(31,32)33)26(40-42(34,35)36)28(30)38-24-22-20-18-16-14-12-10-8-6-4-2/h25-26H,3-24H2,1-2H3,(H,31,32,33)(H,34,35,36). The molecule has 0 aromatic rings. The summed E-state index contributed by atoms with van der Waals surface area (Å²) >= 11 is 0. The van der Waals surface area contributed by atoms with Gasteiger partial charge in [-0.2, -0.15) is 16.8 Å². The Kier molecular flexibility index (Phi) is 24.3. The first-order valence-corrected chi connectivity index (χ1v) is 18.3. The van der Waals surface area contributed by atoms with E-state index in [2.05, 4.69) is 22.2 Å². The average Bonchev–Trinajstić information content (AvgIpc) is 2.91. The Bertz CT molecular complexity index is 832. The van der Waals surface area contributed by atoms with Crippen molar-refractivity contribution in [3.63, 3.8) is 0 Å². The summed E-state index contributed by atoms with van der Waals surface area (Å²) in [5, 5.41) is 0. The Morgan fingerprint density at radius 3 is 0.952 bits per heavy atom. The summed E-state index contributed by atoms with van der Waals surface area (Å²) in [7, 11) is -10.7. The molecule has 42 heavy (non-hydrogen) atoms. The van der Waals surface area contributed by atoms with E-state index >= 15 is 0 Å². The van der Waals surface area contributed by atoms with Crippen LogP contribution in [0, 0.1) is 0 Å². The Labute approximate surface area is 253 Å². The highest BCUT2D eigenvalue weighted by molar-refractivity contribution is 7.81. The molecule has 0 aliphatic rings. The third-order valence-electron chi connectivity index (χ3n) is 6.67. The molecule has 0 rings (SSSR count). The molecule has 0 saturated heterocycles. The van der Waals surface area contributed by atoms with Gasteiger partial charge in [0.25, 0.3) is 0 Å². The lowest BCUT2D eigenvalue weighted by molar-refractivity contribution is -0.169. The summed E-state index contributed by atoms with van der Waals surface area (Å²) in [6.45, 7) is 3.98. The zero-order valence-corrected chi connectivity index (χ0v) is 27.1. The molecule has 0 spiro atoms. The molecule has 0 heterocycles. The summed E-state index contributed by atoms with van der Waals surface area (Å²) in [4.78, 5) is 25.2. The Morgan fingerprint density at radius 2 is 0.714 bits per heavy atom. The van der Waals surface area contributed by atoms with Crippen molar-refractivity contribution < 1.29 is 53.4 Å². The van der Waals surface area contributed by atoms with Crippen LogP contribution in [-0.2, 0) is 48.2 Å². The van der Waals surface area contributed by atoms with Crippen molar-refractivity contribution in [1.82, 2.24) is 0 Å². The molecule has 0 aromatic heterocycles. The van der Waals surface area contributed by atoms with Crippen LogP contribution >= 0.6 is 0 Å². The molecule has 0 saturated carbocycles. The van der Waals surface area contributed by atoms with Gasteiger partial charge in [0.05, 0.1) is 13.2 Å². The van der Waals surface area contributed by atoms with Crippen LogP contribution in [0.15, 0.2) is 0 Å². The lowest BCUT2D eigenvalue weighted by Crippen LogP contribution is -2.47. The zero-order valence-electron chi connectivity index (χ0n) is 25.5. The maximum absolute atomic E-state index is 12.6. The van der Waals surface area contributed by atoms with Gasteiger partial charge in [0.1, 0.15) is 0 Å². The van der Waals surface area contributed by atoms with Gasteiger partial charge in [0.15, 0.2) is 0 Å². The third-order valence-corrected chi connectivity index (χ3v) is 7.58. The van der Waals surface area contributed by atoms with Gasteiger partial charge >= 0.3 is 32.7 Å². The van der Waals surface area contributed by atoms with Gasteiger partial charge in [-0.05, 0) is 12.8 Å². The first-order valence-electron chi connectivity index (χ1n) is 15.6. The van der Waals surface area contributed by atoms with E-state index < -0.39 is 44.9 Å². The van der Waals surface area contributed by atoms with Crippen molar-refractivity contribution in [2.75, 3.05) is 13.2 Å². The maximum atomic E-state index is 12.6. The Hall–Kier alpha value is -1.32. The number of rotatable bonds is 29. The van der Waals surface area contributed by atoms with Gasteiger partial charge in [0.2, 0.25) is 12.2 Å². The smallest absolute Gasteiger partial charge is 0.398 e. The summed E-state index contributed by atoms with van der Waals surface area (Å²) in [6, 6.07) is 0. The molecule has 2 unspecified atom stereocenters. The topological polar surface area (TPSA) is 180 Å². The van der Waals surface area contributed by atoms with Crippen molar-refractivity contribution in [2.24, 2.45) is 0 Å². The van der Waals surface area contributed by atoms with Crippen LogP contribution in [0.3, 0.4) is 0 Å². The van der Waals surface area contributed by atoms with Crippen molar-refractivity contribution in [3.8, 4) is 0 Å². The third kappa shape index (κ3) is 25.2. The molecule has 0 aromatic carbocycles. The lowest BCUT2D eigenvalue weighted by atomic mass is 10.1. The number of hydrogen-bond acceptors (Lipinski definition) is 10. The van der Waals surface area contributed by atoms with E-state index in [0.29, 0.717) is 12.8 Å². The highest BCUT2D eigenvalue weighted by Gasteiger charge is 2.44. The lowest BCUT2D eigenvalue weighted by Gasteiger charge is -2.21. The Balaban J connectivity index is 4.76. The minimum absolute atomic E-state index is 0.174. The fraction of sp³-hybridized carbons (Fsp3) is 0.929. The summed E-state index contributed by atoms with van der Waals surface area (Å²) in [6.07, 6.45) is 15.2. The first kappa shape index (κ1) is 40.7. The molecule has 0 aliphatic heterocycles. The van der Waals surface area contributed by atoms with Crippen LogP contribution in [0.4, 0.5) is 0 Å². The monoisotopic (exact) mass is 646 g/mol. The van der Waals surface area contributed by atoms with Gasteiger partial charge in [0, 0.05) is 0 Å². The van der Waals surface area contributed by atoms with E-state index in [1.54, 1.807) is 0 Å². The molecule has 2 N–H and O–H groups in total. The molecule has 0 aliphatic carbocycles. The minimum Gasteiger partial charge on any atom is -0.464 e.